The maximum absolute atomic E-state index is 11.9. The van der Waals surface area contributed by atoms with E-state index in [0.717, 1.165) is 0 Å². The number of aliphatic hydroxyl groups is 1. The number of hydrogen-bond acceptors (Lipinski definition) is 3. The number of β-amino-alcohol motifs (C(OH)–C–C–N with tert-alkyl or cyclic N) is 1. The van der Waals surface area contributed by atoms with Crippen LogP contribution in [-0.4, -0.2) is 59.0 Å². The van der Waals surface area contributed by atoms with E-state index in [1.165, 1.54) is 4.90 Å². The molecule has 0 aromatic heterocycles. The number of rotatable bonds is 3. The first-order valence-corrected chi connectivity index (χ1v) is 6.17. The van der Waals surface area contributed by atoms with Crippen molar-refractivity contribution in [1.82, 2.24) is 9.80 Å². The van der Waals surface area contributed by atoms with Crippen molar-refractivity contribution >= 4 is 11.8 Å². The van der Waals surface area contributed by atoms with Gasteiger partial charge in [-0.25, -0.2) is 0 Å². The summed E-state index contributed by atoms with van der Waals surface area (Å²) >= 11 is 0. The highest BCUT2D eigenvalue weighted by molar-refractivity contribution is 5.85. The Morgan fingerprint density at radius 2 is 2.12 bits per heavy atom. The van der Waals surface area contributed by atoms with Crippen LogP contribution in [0.2, 0.25) is 0 Å². The zero-order chi connectivity index (χ0) is 13.0. The fraction of sp³-hybridized carbons (Fsp3) is 0.833. The maximum Gasteiger partial charge on any atom is 0.242 e. The molecule has 1 unspecified atom stereocenters. The van der Waals surface area contributed by atoms with Crippen LogP contribution in [-0.2, 0) is 9.59 Å². The summed E-state index contributed by atoms with van der Waals surface area (Å²) in [5.74, 6) is 0.209. The van der Waals surface area contributed by atoms with Crippen LogP contribution in [0.4, 0.5) is 0 Å². The van der Waals surface area contributed by atoms with E-state index in [1.807, 2.05) is 13.8 Å². The summed E-state index contributed by atoms with van der Waals surface area (Å²) in [7, 11) is 0. The molecule has 1 rings (SSSR count). The largest absolute Gasteiger partial charge is 0.389 e. The molecule has 1 saturated heterocycles. The van der Waals surface area contributed by atoms with E-state index in [-0.39, 0.29) is 24.9 Å². The molecule has 0 bridgehead atoms. The van der Waals surface area contributed by atoms with Crippen molar-refractivity contribution in [1.29, 1.82) is 0 Å². The maximum atomic E-state index is 11.9. The van der Waals surface area contributed by atoms with Crippen LogP contribution in [0.15, 0.2) is 0 Å². The van der Waals surface area contributed by atoms with Crippen molar-refractivity contribution in [2.24, 2.45) is 5.92 Å². The molecule has 17 heavy (non-hydrogen) atoms. The Bertz CT molecular complexity index is 291. The smallest absolute Gasteiger partial charge is 0.242 e. The summed E-state index contributed by atoms with van der Waals surface area (Å²) in [5.41, 5.74) is 0. The highest BCUT2D eigenvalue weighted by Crippen LogP contribution is 2.09. The predicted octanol–water partition coefficient (Wildman–Crippen LogP) is 0.0841. The zero-order valence-corrected chi connectivity index (χ0v) is 10.8. The monoisotopic (exact) mass is 242 g/mol. The second-order valence-corrected chi connectivity index (χ2v) is 4.97. The van der Waals surface area contributed by atoms with E-state index >= 15 is 0 Å². The molecule has 0 spiro atoms. The molecule has 1 N–H and O–H groups in total. The Morgan fingerprint density at radius 1 is 1.47 bits per heavy atom. The van der Waals surface area contributed by atoms with E-state index in [2.05, 4.69) is 0 Å². The first-order valence-electron chi connectivity index (χ1n) is 6.17. The molecule has 0 aromatic rings. The molecule has 1 fully saturated rings. The average Bonchev–Trinajstić information content (AvgIpc) is 2.37. The van der Waals surface area contributed by atoms with Gasteiger partial charge >= 0.3 is 0 Å². The predicted molar refractivity (Wildman–Crippen MR) is 64.3 cm³/mol. The number of aliphatic hydroxyl groups excluding tert-OH is 1. The molecule has 1 aliphatic heterocycles. The number of amides is 2. The van der Waals surface area contributed by atoms with Crippen molar-refractivity contribution in [2.75, 3.05) is 26.2 Å². The lowest BCUT2D eigenvalue weighted by molar-refractivity contribution is -0.138. The molecule has 5 heteroatoms. The van der Waals surface area contributed by atoms with Crippen LogP contribution in [0.3, 0.4) is 0 Å². The van der Waals surface area contributed by atoms with E-state index in [0.29, 0.717) is 25.4 Å². The van der Waals surface area contributed by atoms with Gasteiger partial charge in [0.05, 0.1) is 12.6 Å². The first kappa shape index (κ1) is 14.0. The molecule has 1 heterocycles. The summed E-state index contributed by atoms with van der Waals surface area (Å²) < 4.78 is 0. The molecule has 0 aromatic carbocycles. The van der Waals surface area contributed by atoms with Gasteiger partial charge < -0.3 is 14.9 Å². The summed E-state index contributed by atoms with van der Waals surface area (Å²) in [4.78, 5) is 26.6. The summed E-state index contributed by atoms with van der Waals surface area (Å²) in [6.45, 7) is 7.12. The van der Waals surface area contributed by atoms with E-state index < -0.39 is 6.10 Å². The SMILES string of the molecule is CCC(=O)N1CC(=O)N(CC(C)C)CC(O)C1. The lowest BCUT2D eigenvalue weighted by Gasteiger charge is -2.23. The molecule has 1 aliphatic rings. The Balaban J connectivity index is 2.71. The van der Waals surface area contributed by atoms with Gasteiger partial charge in [-0.15, -0.1) is 0 Å². The highest BCUT2D eigenvalue weighted by Gasteiger charge is 2.28. The summed E-state index contributed by atoms with van der Waals surface area (Å²) in [6.07, 6.45) is -0.278. The van der Waals surface area contributed by atoms with Crippen molar-refractivity contribution in [3.63, 3.8) is 0 Å². The van der Waals surface area contributed by atoms with Crippen molar-refractivity contribution in [2.45, 2.75) is 33.3 Å². The van der Waals surface area contributed by atoms with Crippen molar-refractivity contribution in [3.05, 3.63) is 0 Å². The van der Waals surface area contributed by atoms with E-state index in [4.69, 9.17) is 0 Å². The van der Waals surface area contributed by atoms with Gasteiger partial charge in [0.25, 0.3) is 0 Å². The molecule has 0 saturated carbocycles. The van der Waals surface area contributed by atoms with Gasteiger partial charge in [-0.1, -0.05) is 20.8 Å². The van der Waals surface area contributed by atoms with Crippen LogP contribution >= 0.6 is 0 Å². The minimum atomic E-state index is -0.643. The Kier molecular flexibility index (Phi) is 4.93. The topological polar surface area (TPSA) is 60.9 Å². The van der Waals surface area contributed by atoms with Crippen molar-refractivity contribution < 1.29 is 14.7 Å². The van der Waals surface area contributed by atoms with Crippen LogP contribution in [0.1, 0.15) is 27.2 Å². The quantitative estimate of drug-likeness (QED) is 0.762. The van der Waals surface area contributed by atoms with Gasteiger partial charge in [0, 0.05) is 26.1 Å². The van der Waals surface area contributed by atoms with Crippen LogP contribution in [0.25, 0.3) is 0 Å². The van der Waals surface area contributed by atoms with Crippen molar-refractivity contribution in [3.8, 4) is 0 Å². The molecular formula is C12H22N2O3. The third kappa shape index (κ3) is 4.00. The summed E-state index contributed by atoms with van der Waals surface area (Å²) in [5, 5.41) is 9.82. The average molecular weight is 242 g/mol. The Labute approximate surface area is 102 Å². The second-order valence-electron chi connectivity index (χ2n) is 4.97. The summed E-state index contributed by atoms with van der Waals surface area (Å²) in [6, 6.07) is 0. The van der Waals surface area contributed by atoms with Gasteiger partial charge in [0.1, 0.15) is 0 Å². The minimum absolute atomic E-state index is 0.0722. The fourth-order valence-corrected chi connectivity index (χ4v) is 2.03. The lowest BCUT2D eigenvalue weighted by Crippen LogP contribution is -2.40. The molecule has 98 valence electrons. The Morgan fingerprint density at radius 3 is 2.65 bits per heavy atom. The molecule has 1 atom stereocenters. The highest BCUT2D eigenvalue weighted by atomic mass is 16.3. The van der Waals surface area contributed by atoms with Gasteiger partial charge in [0.15, 0.2) is 0 Å². The first-order chi connectivity index (χ1) is 7.93. The van der Waals surface area contributed by atoms with Crippen LogP contribution in [0, 0.1) is 5.92 Å². The van der Waals surface area contributed by atoms with Crippen LogP contribution < -0.4 is 0 Å². The standard InChI is InChI=1S/C12H22N2O3/c1-4-11(16)14-7-10(15)6-13(5-9(2)3)12(17)8-14/h9-10,15H,4-8H2,1-3H3. The van der Waals surface area contributed by atoms with Gasteiger partial charge in [0.2, 0.25) is 11.8 Å². The second kappa shape index (κ2) is 6.00. The molecule has 2 amide bonds. The van der Waals surface area contributed by atoms with Crippen LogP contribution in [0.5, 0.6) is 0 Å². The molecule has 0 radical (unpaired) electrons. The number of carbonyl (C=O) groups excluding carboxylic acids is 2. The van der Waals surface area contributed by atoms with Gasteiger partial charge in [-0.2, -0.15) is 0 Å². The third-order valence-corrected chi connectivity index (χ3v) is 2.78. The van der Waals surface area contributed by atoms with E-state index in [1.54, 1.807) is 11.8 Å². The molecule has 5 nitrogen and oxygen atoms in total. The van der Waals surface area contributed by atoms with Gasteiger partial charge in [-0.05, 0) is 5.92 Å². The normalized spacial score (nSPS) is 21.9. The molecule has 0 aliphatic carbocycles. The van der Waals surface area contributed by atoms with Gasteiger partial charge in [-0.3, -0.25) is 9.59 Å². The zero-order valence-electron chi connectivity index (χ0n) is 10.8. The van der Waals surface area contributed by atoms with E-state index in [9.17, 15) is 14.7 Å². The number of nitrogens with zero attached hydrogens (tertiary/aromatic N) is 2. The lowest BCUT2D eigenvalue weighted by atomic mass is 10.2. The molecular weight excluding hydrogens is 220 g/mol. The number of hydrogen-bond donors (Lipinski definition) is 1. The Hall–Kier alpha value is -1.10. The minimum Gasteiger partial charge on any atom is -0.389 e. The fourth-order valence-electron chi connectivity index (χ4n) is 2.03. The number of carbonyl (C=O) groups is 2. The third-order valence-electron chi connectivity index (χ3n) is 2.78.